The highest BCUT2D eigenvalue weighted by molar-refractivity contribution is 6.10. The molecule has 4 atom stereocenters. The van der Waals surface area contributed by atoms with Gasteiger partial charge in [0.1, 0.15) is 41.9 Å². The van der Waals surface area contributed by atoms with Crippen LogP contribution in [0.15, 0.2) is 59.3 Å². The Labute approximate surface area is 401 Å². The number of carboxylic acid groups (broad SMARTS) is 1. The molecule has 0 spiro atoms. The third kappa shape index (κ3) is 15.9. The van der Waals surface area contributed by atoms with Gasteiger partial charge in [0.25, 0.3) is 5.91 Å². The summed E-state index contributed by atoms with van der Waals surface area (Å²) < 4.78 is 37.7. The Kier molecular flexibility index (Phi) is 18.9. The molecule has 20 heteroatoms. The lowest BCUT2D eigenvalue weighted by Gasteiger charge is -2.36. The Bertz CT molecular complexity index is 2410. The fourth-order valence-corrected chi connectivity index (χ4v) is 7.51. The number of carbonyl (C=O) groups excluding carboxylic acids is 5. The number of hydrogen-bond donors (Lipinski definition) is 4. The quantitative estimate of drug-likeness (QED) is 0.0624. The first-order chi connectivity index (χ1) is 32.7. The summed E-state index contributed by atoms with van der Waals surface area (Å²) >= 11 is 0. The molecule has 4 unspecified atom stereocenters. The molecule has 374 valence electrons. The van der Waals surface area contributed by atoms with Crippen molar-refractivity contribution in [3.8, 4) is 5.75 Å². The maximum Gasteiger partial charge on any atom is 0.410 e. The van der Waals surface area contributed by atoms with Crippen LogP contribution in [-0.2, 0) is 41.5 Å². The third-order valence-corrected chi connectivity index (χ3v) is 11.2. The SMILES string of the molecule is CCOCCC(C(=O)NC(COc1ccc2ncc(F)cc2c1C(=O)NC(CC(=O)O)C(=O)NCCc1nc(C2CC2)no1)Cc1ccccc1)N(C)C(=O)C(CC(C)C)N(C)C(=O)OC(C)(C)C. The molecule has 1 aliphatic carbocycles. The number of amides is 5. The molecule has 2 heterocycles. The lowest BCUT2D eigenvalue weighted by molar-refractivity contribution is -0.144. The number of aromatic nitrogens is 3. The molecule has 2 aromatic heterocycles. The van der Waals surface area contributed by atoms with Crippen LogP contribution < -0.4 is 20.7 Å². The van der Waals surface area contributed by atoms with Gasteiger partial charge >= 0.3 is 12.1 Å². The van der Waals surface area contributed by atoms with E-state index in [2.05, 4.69) is 31.1 Å². The predicted octanol–water partition coefficient (Wildman–Crippen LogP) is 5.21. The van der Waals surface area contributed by atoms with Gasteiger partial charge in [-0.05, 0) is 83.1 Å². The van der Waals surface area contributed by atoms with E-state index in [0.29, 0.717) is 18.3 Å². The number of aliphatic carboxylic acids is 1. The van der Waals surface area contributed by atoms with Crippen LogP contribution in [0.2, 0.25) is 0 Å². The Morgan fingerprint density at radius 3 is 2.35 bits per heavy atom. The second-order valence-corrected chi connectivity index (χ2v) is 18.5. The Balaban J connectivity index is 1.40. The van der Waals surface area contributed by atoms with Crippen molar-refractivity contribution < 1.29 is 57.0 Å². The van der Waals surface area contributed by atoms with Crippen LogP contribution in [0.1, 0.15) is 107 Å². The van der Waals surface area contributed by atoms with E-state index in [1.807, 2.05) is 51.1 Å². The molecule has 4 N–H and O–H groups in total. The number of hydrogen-bond acceptors (Lipinski definition) is 13. The maximum atomic E-state index is 14.9. The molecule has 1 saturated carbocycles. The normalized spacial score (nSPS) is 14.3. The molecular weight excluding hydrogens is 896 g/mol. The second-order valence-electron chi connectivity index (χ2n) is 18.5. The van der Waals surface area contributed by atoms with E-state index in [-0.39, 0.29) is 79.5 Å². The monoisotopic (exact) mass is 960 g/mol. The number of halogens is 1. The van der Waals surface area contributed by atoms with Gasteiger partial charge in [0, 0.05) is 58.0 Å². The number of likely N-dealkylation sites (N-methyl/N-ethyl adjacent to an activating group) is 2. The zero-order valence-corrected chi connectivity index (χ0v) is 40.6. The van der Waals surface area contributed by atoms with E-state index >= 15 is 0 Å². The van der Waals surface area contributed by atoms with E-state index in [9.17, 15) is 38.3 Å². The van der Waals surface area contributed by atoms with Crippen molar-refractivity contribution in [1.29, 1.82) is 0 Å². The van der Waals surface area contributed by atoms with Crippen molar-refractivity contribution in [2.24, 2.45) is 5.92 Å². The molecule has 19 nitrogen and oxygen atoms in total. The molecule has 4 aromatic rings. The molecular formula is C49H65FN8O11. The number of rotatable bonds is 25. The number of nitrogens with one attached hydrogen (secondary N) is 3. The lowest BCUT2D eigenvalue weighted by Crippen LogP contribution is -2.57. The largest absolute Gasteiger partial charge is 0.491 e. The van der Waals surface area contributed by atoms with Gasteiger partial charge in [-0.15, -0.1) is 0 Å². The van der Waals surface area contributed by atoms with Crippen LogP contribution in [0.25, 0.3) is 10.9 Å². The van der Waals surface area contributed by atoms with Crippen LogP contribution in [0.5, 0.6) is 5.75 Å². The lowest BCUT2D eigenvalue weighted by atomic mass is 10.00. The first kappa shape index (κ1) is 53.3. The number of pyridine rings is 1. The van der Waals surface area contributed by atoms with E-state index in [1.54, 1.807) is 20.8 Å². The van der Waals surface area contributed by atoms with Crippen molar-refractivity contribution in [1.82, 2.24) is 40.9 Å². The molecule has 5 amide bonds. The molecule has 0 bridgehead atoms. The van der Waals surface area contributed by atoms with Crippen molar-refractivity contribution >= 4 is 46.6 Å². The summed E-state index contributed by atoms with van der Waals surface area (Å²) in [6, 6.07) is 8.78. The minimum absolute atomic E-state index is 0.00149. The summed E-state index contributed by atoms with van der Waals surface area (Å²) in [7, 11) is 2.99. The average molecular weight is 961 g/mol. The number of nitrogens with zero attached hydrogens (tertiary/aromatic N) is 5. The summed E-state index contributed by atoms with van der Waals surface area (Å²) in [5.74, 6) is -3.90. The molecule has 5 rings (SSSR count). The van der Waals surface area contributed by atoms with Gasteiger partial charge < -0.3 is 44.7 Å². The van der Waals surface area contributed by atoms with Crippen LogP contribution in [0.4, 0.5) is 9.18 Å². The van der Waals surface area contributed by atoms with Crippen molar-refractivity contribution in [2.45, 2.75) is 122 Å². The van der Waals surface area contributed by atoms with Gasteiger partial charge in [-0.1, -0.05) is 49.3 Å². The van der Waals surface area contributed by atoms with Gasteiger partial charge in [0.2, 0.25) is 23.6 Å². The Morgan fingerprint density at radius 2 is 1.70 bits per heavy atom. The second kappa shape index (κ2) is 24.5. The smallest absolute Gasteiger partial charge is 0.410 e. The first-order valence-electron chi connectivity index (χ1n) is 23.2. The Hall–Kier alpha value is -6.70. The van der Waals surface area contributed by atoms with Gasteiger partial charge in [-0.25, -0.2) is 9.18 Å². The van der Waals surface area contributed by atoms with E-state index in [0.717, 1.165) is 30.7 Å². The van der Waals surface area contributed by atoms with Crippen LogP contribution >= 0.6 is 0 Å². The highest BCUT2D eigenvalue weighted by Crippen LogP contribution is 2.38. The van der Waals surface area contributed by atoms with Gasteiger partial charge in [0.15, 0.2) is 5.82 Å². The zero-order valence-electron chi connectivity index (χ0n) is 40.6. The summed E-state index contributed by atoms with van der Waals surface area (Å²) in [6.07, 6.45) is 2.20. The van der Waals surface area contributed by atoms with E-state index in [4.69, 9.17) is 18.7 Å². The fourth-order valence-electron chi connectivity index (χ4n) is 7.51. The zero-order chi connectivity index (χ0) is 50.4. The van der Waals surface area contributed by atoms with Gasteiger partial charge in [-0.3, -0.25) is 33.9 Å². The summed E-state index contributed by atoms with van der Waals surface area (Å²) in [5, 5.41) is 21.9. The number of benzene rings is 2. The molecule has 1 aliphatic rings. The minimum Gasteiger partial charge on any atom is -0.491 e. The first-order valence-corrected chi connectivity index (χ1v) is 23.2. The van der Waals surface area contributed by atoms with Crippen molar-refractivity contribution in [3.05, 3.63) is 83.4 Å². The van der Waals surface area contributed by atoms with Crippen LogP contribution in [0, 0.1) is 11.7 Å². The number of ether oxygens (including phenoxy) is 3. The average Bonchev–Trinajstić information content (AvgIpc) is 4.04. The van der Waals surface area contributed by atoms with E-state index in [1.165, 1.54) is 36.0 Å². The fraction of sp³-hybridized carbons (Fsp3) is 0.531. The molecule has 69 heavy (non-hydrogen) atoms. The molecule has 0 aliphatic heterocycles. The number of carbonyl (C=O) groups is 6. The number of fused-ring (bicyclic) bond motifs is 1. The summed E-state index contributed by atoms with van der Waals surface area (Å²) in [6.45, 7) is 11.1. The van der Waals surface area contributed by atoms with Crippen LogP contribution in [0.3, 0.4) is 0 Å². The third-order valence-electron chi connectivity index (χ3n) is 11.2. The Morgan fingerprint density at radius 1 is 0.971 bits per heavy atom. The van der Waals surface area contributed by atoms with Crippen molar-refractivity contribution in [2.75, 3.05) is 40.5 Å². The standard InChI is InChI=1S/C49H65FN8O11/c1-9-66-22-20-37(57(7)47(64)38(23-29(2)3)58(8)48(65)68-49(4,5)6)45(62)53-33(24-30-13-11-10-12-14-30)28-67-39-18-17-35-34(25-32(50)27-52-35)42(39)46(63)54-36(26-41(59)60)44(61)51-21-19-40-55-43(56-69-40)31-15-16-31/h10-14,17-18,25,27,29,31,33,36-38H,9,15-16,19-24,26,28H2,1-8H3,(H,51,61)(H,53,62)(H,54,63)(H,59,60). The number of carboxylic acids is 1. The summed E-state index contributed by atoms with van der Waals surface area (Å²) in [5.41, 5.74) is -0.0494. The molecule has 0 saturated heterocycles. The predicted molar refractivity (Wildman–Crippen MR) is 251 cm³/mol. The highest BCUT2D eigenvalue weighted by Gasteiger charge is 2.37. The maximum absolute atomic E-state index is 14.9. The summed E-state index contributed by atoms with van der Waals surface area (Å²) in [4.78, 5) is 92.9. The van der Waals surface area contributed by atoms with Gasteiger partial charge in [0.05, 0.1) is 29.7 Å². The molecule has 2 aromatic carbocycles. The topological polar surface area (TPSA) is 245 Å². The van der Waals surface area contributed by atoms with E-state index < -0.39 is 77.7 Å². The molecule has 0 radical (unpaired) electrons. The van der Waals surface area contributed by atoms with Crippen LogP contribution in [-0.4, -0.2) is 136 Å². The van der Waals surface area contributed by atoms with Crippen molar-refractivity contribution in [3.63, 3.8) is 0 Å². The van der Waals surface area contributed by atoms with Gasteiger partial charge in [-0.2, -0.15) is 4.98 Å². The highest BCUT2D eigenvalue weighted by atomic mass is 19.1. The molecule has 1 fully saturated rings. The minimum atomic E-state index is -1.58.